The van der Waals surface area contributed by atoms with E-state index in [1.807, 2.05) is 6.08 Å². The van der Waals surface area contributed by atoms with Crippen LogP contribution in [0.15, 0.2) is 36.4 Å². The molecule has 1 aliphatic rings. The van der Waals surface area contributed by atoms with Gasteiger partial charge >= 0.3 is 0 Å². The minimum Gasteiger partial charge on any atom is -0.381 e. The minimum absolute atomic E-state index is 0.573. The van der Waals surface area contributed by atoms with E-state index in [1.165, 1.54) is 41.8 Å². The Hall–Kier alpha value is -1.54. The van der Waals surface area contributed by atoms with Gasteiger partial charge in [0.25, 0.3) is 0 Å². The van der Waals surface area contributed by atoms with Crippen molar-refractivity contribution in [1.29, 1.82) is 0 Å². The predicted octanol–water partition coefficient (Wildman–Crippen LogP) is 4.45. The molecule has 0 saturated heterocycles. The van der Waals surface area contributed by atoms with Crippen molar-refractivity contribution in [1.82, 2.24) is 0 Å². The summed E-state index contributed by atoms with van der Waals surface area (Å²) in [6.07, 6.45) is 8.70. The number of rotatable bonds is 5. The quantitative estimate of drug-likeness (QED) is 0.741. The summed E-state index contributed by atoms with van der Waals surface area (Å²) in [5.74, 6) is 0. The second-order valence-corrected chi connectivity index (χ2v) is 5.97. The Kier molecular flexibility index (Phi) is 5.63. The van der Waals surface area contributed by atoms with E-state index in [0.717, 1.165) is 0 Å². The van der Waals surface area contributed by atoms with E-state index in [4.69, 9.17) is 4.74 Å². The normalized spacial score (nSPS) is 15.9. The Bertz CT molecular complexity index is 528. The lowest BCUT2D eigenvalue weighted by molar-refractivity contribution is 0.234. The molecule has 0 aromatic heterocycles. The number of anilines is 1. The van der Waals surface area contributed by atoms with Crippen LogP contribution >= 0.6 is 0 Å². The largest absolute Gasteiger partial charge is 0.381 e. The summed E-state index contributed by atoms with van der Waals surface area (Å²) < 4.78 is 5.02. The van der Waals surface area contributed by atoms with E-state index in [2.05, 4.69) is 56.0 Å². The molecule has 1 aromatic carbocycles. The zero-order chi connectivity index (χ0) is 15.2. The van der Waals surface area contributed by atoms with Gasteiger partial charge in [-0.05, 0) is 62.4 Å². The third-order valence-electron chi connectivity index (χ3n) is 4.06. The molecule has 0 bridgehead atoms. The first-order chi connectivity index (χ1) is 10.1. The van der Waals surface area contributed by atoms with Crippen LogP contribution in [0.5, 0.6) is 0 Å². The highest BCUT2D eigenvalue weighted by Crippen LogP contribution is 2.31. The number of benzene rings is 1. The molecule has 0 saturated carbocycles. The van der Waals surface area contributed by atoms with Crippen LogP contribution < -0.4 is 4.90 Å². The van der Waals surface area contributed by atoms with Gasteiger partial charge in [0.1, 0.15) is 0 Å². The summed E-state index contributed by atoms with van der Waals surface area (Å²) in [5.41, 5.74) is 5.53. The molecular weight excluding hydrogens is 258 g/mol. The maximum Gasteiger partial charge on any atom is 0.0646 e. The summed E-state index contributed by atoms with van der Waals surface area (Å²) in [4.78, 5) is 2.51. The number of methoxy groups -OCH3 is 1. The lowest BCUT2D eigenvalue weighted by Gasteiger charge is -2.35. The molecular formula is C19H27NO. The van der Waals surface area contributed by atoms with Crippen molar-refractivity contribution < 1.29 is 4.74 Å². The topological polar surface area (TPSA) is 12.5 Å². The molecule has 0 N–H and O–H groups in total. The molecule has 2 rings (SSSR count). The van der Waals surface area contributed by atoms with Crippen molar-refractivity contribution in [2.75, 3.05) is 25.2 Å². The van der Waals surface area contributed by atoms with Crippen molar-refractivity contribution in [2.45, 2.75) is 39.7 Å². The molecule has 1 heterocycles. The summed E-state index contributed by atoms with van der Waals surface area (Å²) in [6, 6.07) is 7.47. The van der Waals surface area contributed by atoms with Crippen LogP contribution in [0.25, 0.3) is 5.57 Å². The number of ether oxygens (including phenoxy) is 1. The zero-order valence-corrected chi connectivity index (χ0v) is 13.7. The first-order valence-corrected chi connectivity index (χ1v) is 7.85. The Morgan fingerprint density at radius 1 is 1.38 bits per heavy atom. The van der Waals surface area contributed by atoms with E-state index in [0.29, 0.717) is 12.6 Å². The van der Waals surface area contributed by atoms with Gasteiger partial charge in [-0.15, -0.1) is 0 Å². The van der Waals surface area contributed by atoms with Crippen molar-refractivity contribution in [3.8, 4) is 0 Å². The Morgan fingerprint density at radius 2 is 2.19 bits per heavy atom. The highest BCUT2D eigenvalue weighted by molar-refractivity contribution is 5.69. The number of aryl methyl sites for hydroxylation is 1. The van der Waals surface area contributed by atoms with Crippen LogP contribution in [0, 0.1) is 0 Å². The van der Waals surface area contributed by atoms with Crippen molar-refractivity contribution in [3.05, 3.63) is 47.6 Å². The lowest BCUT2D eigenvalue weighted by atomic mass is 9.95. The molecule has 0 unspecified atom stereocenters. The number of nitrogens with zero attached hydrogens (tertiary/aromatic N) is 1. The van der Waals surface area contributed by atoms with Gasteiger partial charge < -0.3 is 9.64 Å². The maximum atomic E-state index is 5.02. The average Bonchev–Trinajstić information content (AvgIpc) is 2.50. The number of allylic oxidation sites excluding steroid dienone is 3. The van der Waals surface area contributed by atoms with Crippen LogP contribution in [-0.2, 0) is 11.2 Å². The molecule has 0 atom stereocenters. The standard InChI is InChI=1S/C19H27NO/c1-15(2)20-12-7-9-18-14-17(10-11-19(18)20)16(3)8-5-6-13-21-4/h5-6,8,10-11,14-15H,7,9,12-13H2,1-4H3/b6-5+,16-8+. The van der Waals surface area contributed by atoms with Crippen molar-refractivity contribution >= 4 is 11.3 Å². The highest BCUT2D eigenvalue weighted by Gasteiger charge is 2.19. The first-order valence-electron chi connectivity index (χ1n) is 7.85. The second kappa shape index (κ2) is 7.46. The van der Waals surface area contributed by atoms with Crippen molar-refractivity contribution in [2.24, 2.45) is 0 Å². The zero-order valence-electron chi connectivity index (χ0n) is 13.7. The van der Waals surface area contributed by atoms with Crippen LogP contribution in [0.2, 0.25) is 0 Å². The van der Waals surface area contributed by atoms with Crippen molar-refractivity contribution in [3.63, 3.8) is 0 Å². The van der Waals surface area contributed by atoms with Crippen LogP contribution in [-0.4, -0.2) is 26.3 Å². The molecule has 0 aliphatic carbocycles. The fourth-order valence-corrected chi connectivity index (χ4v) is 2.87. The Balaban J connectivity index is 2.21. The smallest absolute Gasteiger partial charge is 0.0646 e. The molecule has 21 heavy (non-hydrogen) atoms. The van der Waals surface area contributed by atoms with E-state index in [-0.39, 0.29) is 0 Å². The molecule has 1 aliphatic heterocycles. The molecule has 2 heteroatoms. The van der Waals surface area contributed by atoms with Gasteiger partial charge in [0.2, 0.25) is 0 Å². The van der Waals surface area contributed by atoms with E-state index < -0.39 is 0 Å². The summed E-state index contributed by atoms with van der Waals surface area (Å²) in [6.45, 7) is 8.56. The third kappa shape index (κ3) is 3.98. The maximum absolute atomic E-state index is 5.02. The predicted molar refractivity (Wildman–Crippen MR) is 91.9 cm³/mol. The van der Waals surface area contributed by atoms with E-state index in [9.17, 15) is 0 Å². The van der Waals surface area contributed by atoms with E-state index in [1.54, 1.807) is 7.11 Å². The monoisotopic (exact) mass is 285 g/mol. The van der Waals surface area contributed by atoms with E-state index >= 15 is 0 Å². The van der Waals surface area contributed by atoms with Gasteiger partial charge in [0, 0.05) is 25.4 Å². The van der Waals surface area contributed by atoms with Crippen LogP contribution in [0.1, 0.15) is 38.3 Å². The number of hydrogen-bond acceptors (Lipinski definition) is 2. The Labute approximate surface area is 129 Å². The van der Waals surface area contributed by atoms with Gasteiger partial charge in [0.15, 0.2) is 0 Å². The summed E-state index contributed by atoms with van der Waals surface area (Å²) in [5, 5.41) is 0. The van der Waals surface area contributed by atoms with Gasteiger partial charge in [-0.3, -0.25) is 0 Å². The SMILES string of the molecule is COC/C=C/C=C(\C)c1ccc2c(c1)CCCN2C(C)C. The molecule has 0 amide bonds. The minimum atomic E-state index is 0.573. The highest BCUT2D eigenvalue weighted by atomic mass is 16.5. The fourth-order valence-electron chi connectivity index (χ4n) is 2.87. The first kappa shape index (κ1) is 15.8. The van der Waals surface area contributed by atoms with Gasteiger partial charge in [-0.2, -0.15) is 0 Å². The molecule has 2 nitrogen and oxygen atoms in total. The number of hydrogen-bond donors (Lipinski definition) is 0. The molecule has 1 aromatic rings. The van der Waals surface area contributed by atoms with Gasteiger partial charge in [-0.1, -0.05) is 24.3 Å². The molecule has 0 radical (unpaired) electrons. The van der Waals surface area contributed by atoms with Crippen LogP contribution in [0.4, 0.5) is 5.69 Å². The molecule has 114 valence electrons. The van der Waals surface area contributed by atoms with Gasteiger partial charge in [-0.25, -0.2) is 0 Å². The average molecular weight is 285 g/mol. The summed E-state index contributed by atoms with van der Waals surface area (Å²) >= 11 is 0. The third-order valence-corrected chi connectivity index (χ3v) is 4.06. The fraction of sp³-hybridized carbons (Fsp3) is 0.474. The number of fused-ring (bicyclic) bond motifs is 1. The molecule has 0 spiro atoms. The van der Waals surface area contributed by atoms with Gasteiger partial charge in [0.05, 0.1) is 6.61 Å². The Morgan fingerprint density at radius 3 is 2.90 bits per heavy atom. The second-order valence-electron chi connectivity index (χ2n) is 5.97. The molecule has 0 fully saturated rings. The lowest BCUT2D eigenvalue weighted by Crippen LogP contribution is -2.35. The summed E-state index contributed by atoms with van der Waals surface area (Å²) in [7, 11) is 1.71. The van der Waals surface area contributed by atoms with Crippen LogP contribution in [0.3, 0.4) is 0 Å².